The van der Waals surface area contributed by atoms with Gasteiger partial charge in [-0.25, -0.2) is 4.98 Å². The third kappa shape index (κ3) is 3.49. The minimum atomic E-state index is -0.161. The molecule has 3 N–H and O–H groups in total. The molecule has 3 aliphatic rings. The van der Waals surface area contributed by atoms with E-state index in [9.17, 15) is 9.59 Å². The number of aromatic nitrogens is 3. The summed E-state index contributed by atoms with van der Waals surface area (Å²) in [5.74, 6) is 0.954. The zero-order valence-corrected chi connectivity index (χ0v) is 17.8. The Hall–Kier alpha value is -3.16. The zero-order chi connectivity index (χ0) is 21.5. The first-order valence-corrected chi connectivity index (χ1v) is 11.1. The number of nitrogens with zero attached hydrogens (tertiary/aromatic N) is 4. The summed E-state index contributed by atoms with van der Waals surface area (Å²) in [6, 6.07) is 0.214. The van der Waals surface area contributed by atoms with Gasteiger partial charge in [0.25, 0.3) is 5.56 Å². The first kappa shape index (κ1) is 19.8. The Morgan fingerprint density at radius 2 is 1.90 bits per heavy atom. The van der Waals surface area contributed by atoms with Crippen LogP contribution in [0.2, 0.25) is 0 Å². The molecule has 2 aliphatic carbocycles. The molecule has 0 bridgehead atoms. The Morgan fingerprint density at radius 3 is 2.55 bits per heavy atom. The maximum absolute atomic E-state index is 12.8. The molecule has 2 aromatic heterocycles. The van der Waals surface area contributed by atoms with Crippen molar-refractivity contribution in [2.75, 3.05) is 24.1 Å². The van der Waals surface area contributed by atoms with Crippen LogP contribution in [0.15, 0.2) is 29.2 Å². The SMILES string of the molecule is Cc1c(N)c2cnc(NC3CCC(C(=O)N4CCCC4)CC3)nc2n(C2=CC=C2)c1=O. The van der Waals surface area contributed by atoms with Gasteiger partial charge >= 0.3 is 0 Å². The lowest BCUT2D eigenvalue weighted by atomic mass is 9.85. The predicted octanol–water partition coefficient (Wildman–Crippen LogP) is 2.69. The van der Waals surface area contributed by atoms with Crippen molar-refractivity contribution < 1.29 is 4.79 Å². The second-order valence-electron chi connectivity index (χ2n) is 8.79. The Balaban J connectivity index is 1.34. The van der Waals surface area contributed by atoms with Gasteiger partial charge < -0.3 is 16.0 Å². The number of pyridine rings is 1. The Kier molecular flexibility index (Phi) is 5.00. The monoisotopic (exact) mass is 420 g/mol. The van der Waals surface area contributed by atoms with E-state index < -0.39 is 0 Å². The molecule has 0 aromatic carbocycles. The number of rotatable bonds is 4. The largest absolute Gasteiger partial charge is 0.398 e. The van der Waals surface area contributed by atoms with E-state index in [2.05, 4.69) is 15.3 Å². The summed E-state index contributed by atoms with van der Waals surface area (Å²) in [4.78, 5) is 36.7. The van der Waals surface area contributed by atoms with Crippen molar-refractivity contribution >= 4 is 34.3 Å². The van der Waals surface area contributed by atoms with Crippen molar-refractivity contribution in [3.05, 3.63) is 40.3 Å². The second kappa shape index (κ2) is 7.83. The Bertz CT molecular complexity index is 1150. The van der Waals surface area contributed by atoms with Gasteiger partial charge in [0, 0.05) is 36.8 Å². The van der Waals surface area contributed by atoms with Crippen molar-refractivity contribution in [2.24, 2.45) is 5.92 Å². The van der Waals surface area contributed by atoms with Gasteiger partial charge in [0.15, 0.2) is 5.65 Å². The summed E-state index contributed by atoms with van der Waals surface area (Å²) in [7, 11) is 0. The molecule has 3 heterocycles. The van der Waals surface area contributed by atoms with Gasteiger partial charge in [-0.15, -0.1) is 0 Å². The molecule has 5 rings (SSSR count). The van der Waals surface area contributed by atoms with Crippen LogP contribution in [0.4, 0.5) is 11.6 Å². The van der Waals surface area contributed by atoms with Crippen molar-refractivity contribution in [3.63, 3.8) is 0 Å². The van der Waals surface area contributed by atoms with Crippen molar-refractivity contribution in [3.8, 4) is 0 Å². The fourth-order valence-corrected chi connectivity index (χ4v) is 4.82. The molecule has 31 heavy (non-hydrogen) atoms. The number of fused-ring (bicyclic) bond motifs is 1. The minimum Gasteiger partial charge on any atom is -0.398 e. The van der Waals surface area contributed by atoms with Crippen LogP contribution < -0.4 is 16.6 Å². The summed E-state index contributed by atoms with van der Waals surface area (Å²) in [6.07, 6.45) is 13.2. The van der Waals surface area contributed by atoms with Crippen LogP contribution in [-0.4, -0.2) is 44.5 Å². The highest BCUT2D eigenvalue weighted by Crippen LogP contribution is 2.30. The minimum absolute atomic E-state index is 0.138. The quantitative estimate of drug-likeness (QED) is 0.788. The van der Waals surface area contributed by atoms with Gasteiger partial charge in [0.05, 0.1) is 16.8 Å². The van der Waals surface area contributed by atoms with E-state index in [0.717, 1.165) is 57.3 Å². The van der Waals surface area contributed by atoms with E-state index in [1.54, 1.807) is 17.7 Å². The van der Waals surface area contributed by atoms with Gasteiger partial charge in [0.2, 0.25) is 11.9 Å². The predicted molar refractivity (Wildman–Crippen MR) is 122 cm³/mol. The zero-order valence-electron chi connectivity index (χ0n) is 17.8. The molecular formula is C23H28N6O2. The number of hydrogen-bond acceptors (Lipinski definition) is 6. The van der Waals surface area contributed by atoms with Crippen LogP contribution in [0.25, 0.3) is 16.7 Å². The van der Waals surface area contributed by atoms with Gasteiger partial charge in [-0.3, -0.25) is 14.2 Å². The number of nitrogens with two attached hydrogens (primary N) is 1. The molecule has 0 radical (unpaired) electrons. The fraction of sp³-hybridized carbons (Fsp3) is 0.478. The van der Waals surface area contributed by atoms with Crippen LogP contribution in [0.3, 0.4) is 0 Å². The van der Waals surface area contributed by atoms with E-state index in [4.69, 9.17) is 5.73 Å². The molecule has 2 aromatic rings. The lowest BCUT2D eigenvalue weighted by Crippen LogP contribution is -2.37. The number of likely N-dealkylation sites (tertiary alicyclic amines) is 1. The summed E-state index contributed by atoms with van der Waals surface area (Å²) >= 11 is 0. The van der Waals surface area contributed by atoms with Crippen molar-refractivity contribution in [2.45, 2.75) is 51.5 Å². The highest BCUT2D eigenvalue weighted by molar-refractivity contribution is 5.92. The van der Waals surface area contributed by atoms with Crippen LogP contribution >= 0.6 is 0 Å². The van der Waals surface area contributed by atoms with Crippen molar-refractivity contribution in [1.82, 2.24) is 19.4 Å². The van der Waals surface area contributed by atoms with Crippen LogP contribution in [-0.2, 0) is 4.79 Å². The molecule has 8 heteroatoms. The second-order valence-corrected chi connectivity index (χ2v) is 8.79. The first-order chi connectivity index (χ1) is 15.0. The highest BCUT2D eigenvalue weighted by Gasteiger charge is 2.31. The summed E-state index contributed by atoms with van der Waals surface area (Å²) < 4.78 is 1.60. The highest BCUT2D eigenvalue weighted by atomic mass is 16.2. The van der Waals surface area contributed by atoms with E-state index in [0.29, 0.717) is 34.1 Å². The maximum Gasteiger partial charge on any atom is 0.261 e. The average Bonchev–Trinajstić information content (AvgIpc) is 3.29. The molecule has 1 aliphatic heterocycles. The van der Waals surface area contributed by atoms with E-state index >= 15 is 0 Å². The fourth-order valence-electron chi connectivity index (χ4n) is 4.82. The molecule has 0 unspecified atom stereocenters. The number of carbonyl (C=O) groups is 1. The number of hydrogen-bond donors (Lipinski definition) is 2. The van der Waals surface area contributed by atoms with Crippen LogP contribution in [0.1, 0.15) is 44.1 Å². The molecule has 1 saturated carbocycles. The average molecular weight is 421 g/mol. The molecule has 1 saturated heterocycles. The lowest BCUT2D eigenvalue weighted by Gasteiger charge is -2.30. The van der Waals surface area contributed by atoms with Crippen LogP contribution in [0, 0.1) is 12.8 Å². The third-order valence-corrected chi connectivity index (χ3v) is 6.82. The number of allylic oxidation sites excluding steroid dienone is 4. The Morgan fingerprint density at radius 1 is 1.19 bits per heavy atom. The molecule has 1 amide bonds. The molecule has 162 valence electrons. The number of anilines is 2. The van der Waals surface area contributed by atoms with Gasteiger partial charge in [0.1, 0.15) is 0 Å². The van der Waals surface area contributed by atoms with Crippen molar-refractivity contribution in [1.29, 1.82) is 0 Å². The number of nitrogen functional groups attached to an aromatic ring is 1. The number of amides is 1. The molecule has 8 nitrogen and oxygen atoms in total. The summed E-state index contributed by atoms with van der Waals surface area (Å²) in [5.41, 5.74) is 8.26. The number of nitrogens with one attached hydrogen (secondary N) is 1. The first-order valence-electron chi connectivity index (χ1n) is 11.1. The van der Waals surface area contributed by atoms with Gasteiger partial charge in [-0.2, -0.15) is 4.98 Å². The molecule has 0 spiro atoms. The van der Waals surface area contributed by atoms with Crippen LogP contribution in [0.5, 0.6) is 0 Å². The maximum atomic E-state index is 12.8. The molecule has 2 fully saturated rings. The number of carbonyl (C=O) groups excluding carboxylic acids is 1. The third-order valence-electron chi connectivity index (χ3n) is 6.82. The lowest BCUT2D eigenvalue weighted by molar-refractivity contribution is -0.135. The topological polar surface area (TPSA) is 106 Å². The summed E-state index contributed by atoms with van der Waals surface area (Å²) in [6.45, 7) is 3.56. The van der Waals surface area contributed by atoms with E-state index in [1.165, 1.54) is 0 Å². The Labute approximate surface area is 180 Å². The summed E-state index contributed by atoms with van der Waals surface area (Å²) in [5, 5.41) is 4.09. The van der Waals surface area contributed by atoms with E-state index in [-0.39, 0.29) is 17.5 Å². The normalized spacial score (nSPS) is 23.0. The smallest absolute Gasteiger partial charge is 0.261 e. The molecule has 0 atom stereocenters. The van der Waals surface area contributed by atoms with Gasteiger partial charge in [-0.05, 0) is 57.6 Å². The standard InChI is InChI=1S/C23H28N6O2/c1-14-19(24)18-13-25-23(27-20(18)29(21(14)30)17-5-4-6-17)26-16-9-7-15(8-10-16)22(31)28-11-2-3-12-28/h4-6,13,15-16H,2-3,7-12,24H2,1H3,(H,25,26,27). The van der Waals surface area contributed by atoms with Gasteiger partial charge in [-0.1, -0.05) is 6.08 Å². The van der Waals surface area contributed by atoms with E-state index in [1.807, 2.05) is 23.1 Å². The molecular weight excluding hydrogens is 392 g/mol.